The van der Waals surface area contributed by atoms with Gasteiger partial charge in [-0.25, -0.2) is 0 Å². The normalized spacial score (nSPS) is 14.7. The highest BCUT2D eigenvalue weighted by Crippen LogP contribution is 2.22. The lowest BCUT2D eigenvalue weighted by Gasteiger charge is -2.37. The van der Waals surface area contributed by atoms with Gasteiger partial charge in [0, 0.05) is 64.2 Å². The second-order valence-corrected chi connectivity index (χ2v) is 6.32. The Morgan fingerprint density at radius 1 is 1.15 bits per heavy atom. The number of nitrogens with one attached hydrogen (secondary N) is 1. The summed E-state index contributed by atoms with van der Waals surface area (Å²) in [7, 11) is 1.71. The van der Waals surface area contributed by atoms with Crippen molar-refractivity contribution in [2.24, 2.45) is 4.99 Å². The monoisotopic (exact) mass is 490 g/mol. The van der Waals surface area contributed by atoms with Gasteiger partial charge in [-0.2, -0.15) is 0 Å². The molecule has 1 aromatic rings. The lowest BCUT2D eigenvalue weighted by Crippen LogP contribution is -2.52. The van der Waals surface area contributed by atoms with E-state index in [0.29, 0.717) is 0 Å². The van der Waals surface area contributed by atoms with Crippen molar-refractivity contribution in [3.8, 4) is 5.75 Å². The average molecular weight is 490 g/mol. The van der Waals surface area contributed by atoms with Crippen LogP contribution in [0.2, 0.25) is 0 Å². The molecule has 0 aliphatic carbocycles. The Bertz CT molecular complexity index is 549. The van der Waals surface area contributed by atoms with Crippen molar-refractivity contribution in [1.82, 2.24) is 10.2 Å². The van der Waals surface area contributed by atoms with Gasteiger partial charge in [0.15, 0.2) is 5.96 Å². The maximum Gasteiger partial charge on any atom is 0.194 e. The van der Waals surface area contributed by atoms with E-state index in [9.17, 15) is 0 Å². The van der Waals surface area contributed by atoms with Crippen molar-refractivity contribution in [2.45, 2.75) is 26.7 Å². The number of nitrogens with zero attached hydrogens (tertiary/aromatic N) is 3. The van der Waals surface area contributed by atoms with Gasteiger partial charge in [0.2, 0.25) is 0 Å². The summed E-state index contributed by atoms with van der Waals surface area (Å²) in [4.78, 5) is 9.57. The van der Waals surface area contributed by atoms with E-state index in [1.807, 2.05) is 19.1 Å². The largest absolute Gasteiger partial charge is 0.497 e. The molecular weight excluding hydrogens is 455 g/mol. The molecule has 1 aliphatic heterocycles. The summed E-state index contributed by atoms with van der Waals surface area (Å²) in [6.07, 6.45) is 2.14. The van der Waals surface area contributed by atoms with Gasteiger partial charge in [-0.05, 0) is 38.8 Å². The number of piperazine rings is 1. The fourth-order valence-electron chi connectivity index (χ4n) is 3.05. The third-order valence-electron chi connectivity index (χ3n) is 4.50. The molecule has 0 spiro atoms. The number of anilines is 1. The highest BCUT2D eigenvalue weighted by Gasteiger charge is 2.20. The predicted molar refractivity (Wildman–Crippen MR) is 124 cm³/mol. The van der Waals surface area contributed by atoms with E-state index in [4.69, 9.17) is 14.5 Å². The molecule has 0 bridgehead atoms. The van der Waals surface area contributed by atoms with Crippen LogP contribution in [0.3, 0.4) is 0 Å². The van der Waals surface area contributed by atoms with Gasteiger partial charge in [-0.1, -0.05) is 6.07 Å². The van der Waals surface area contributed by atoms with Gasteiger partial charge in [0.1, 0.15) is 5.75 Å². The molecule has 1 N–H and O–H groups in total. The highest BCUT2D eigenvalue weighted by molar-refractivity contribution is 14.0. The number of methoxy groups -OCH3 is 1. The Morgan fingerprint density at radius 3 is 2.59 bits per heavy atom. The van der Waals surface area contributed by atoms with Gasteiger partial charge >= 0.3 is 0 Å². The fourth-order valence-corrected chi connectivity index (χ4v) is 3.05. The molecule has 0 radical (unpaired) electrons. The van der Waals surface area contributed by atoms with E-state index >= 15 is 0 Å². The first-order valence-electron chi connectivity index (χ1n) is 9.78. The molecule has 0 aromatic heterocycles. The van der Waals surface area contributed by atoms with Crippen LogP contribution in [0.5, 0.6) is 5.75 Å². The zero-order valence-electron chi connectivity index (χ0n) is 16.9. The molecule has 2 rings (SSSR count). The summed E-state index contributed by atoms with van der Waals surface area (Å²) in [5.41, 5.74) is 1.22. The lowest BCUT2D eigenvalue weighted by molar-refractivity contribution is 0.144. The number of guanidine groups is 1. The molecule has 6 nitrogen and oxygen atoms in total. The van der Waals surface area contributed by atoms with Crippen LogP contribution in [0.25, 0.3) is 0 Å². The fraction of sp³-hybridized carbons (Fsp3) is 0.650. The van der Waals surface area contributed by atoms with Gasteiger partial charge in [0.25, 0.3) is 0 Å². The number of halogens is 1. The molecule has 154 valence electrons. The molecule has 0 amide bonds. The smallest absolute Gasteiger partial charge is 0.194 e. The van der Waals surface area contributed by atoms with E-state index in [-0.39, 0.29) is 24.0 Å². The predicted octanol–water partition coefficient (Wildman–Crippen LogP) is 3.22. The van der Waals surface area contributed by atoms with E-state index < -0.39 is 0 Å². The van der Waals surface area contributed by atoms with Crippen molar-refractivity contribution in [1.29, 1.82) is 0 Å². The minimum atomic E-state index is 0. The molecule has 0 atom stereocenters. The minimum absolute atomic E-state index is 0. The maximum absolute atomic E-state index is 5.39. The maximum atomic E-state index is 5.39. The van der Waals surface area contributed by atoms with Crippen molar-refractivity contribution in [3.05, 3.63) is 24.3 Å². The van der Waals surface area contributed by atoms with Crippen LogP contribution in [0.4, 0.5) is 5.69 Å². The van der Waals surface area contributed by atoms with Gasteiger partial charge in [-0.15, -0.1) is 24.0 Å². The third kappa shape index (κ3) is 8.13. The molecule has 1 aliphatic rings. The second kappa shape index (κ2) is 13.9. The number of aliphatic imine (C=N–C) groups is 1. The van der Waals surface area contributed by atoms with Crippen LogP contribution in [-0.4, -0.2) is 70.5 Å². The summed E-state index contributed by atoms with van der Waals surface area (Å²) in [6, 6.07) is 8.29. The van der Waals surface area contributed by atoms with E-state index in [2.05, 4.69) is 34.2 Å². The number of hydrogen-bond donors (Lipinski definition) is 1. The van der Waals surface area contributed by atoms with E-state index in [1.165, 1.54) is 5.69 Å². The molecule has 27 heavy (non-hydrogen) atoms. The third-order valence-corrected chi connectivity index (χ3v) is 4.50. The zero-order valence-corrected chi connectivity index (χ0v) is 19.3. The number of unbranched alkanes of at least 4 members (excludes halogenated alkanes) is 1. The van der Waals surface area contributed by atoms with E-state index in [1.54, 1.807) is 7.11 Å². The topological polar surface area (TPSA) is 49.3 Å². The summed E-state index contributed by atoms with van der Waals surface area (Å²) in [5.74, 6) is 1.95. The quantitative estimate of drug-likeness (QED) is 0.249. The van der Waals surface area contributed by atoms with Gasteiger partial charge in [0.05, 0.1) is 7.11 Å². The first-order valence-corrected chi connectivity index (χ1v) is 9.78. The van der Waals surface area contributed by atoms with Crippen molar-refractivity contribution >= 4 is 35.6 Å². The average Bonchev–Trinajstić information content (AvgIpc) is 2.70. The Morgan fingerprint density at radius 2 is 1.93 bits per heavy atom. The van der Waals surface area contributed by atoms with Crippen LogP contribution in [0, 0.1) is 0 Å². The van der Waals surface area contributed by atoms with Gasteiger partial charge in [-0.3, -0.25) is 4.99 Å². The van der Waals surface area contributed by atoms with Crippen molar-refractivity contribution in [3.63, 3.8) is 0 Å². The van der Waals surface area contributed by atoms with Crippen LogP contribution in [0.1, 0.15) is 26.7 Å². The minimum Gasteiger partial charge on any atom is -0.497 e. The number of hydrogen-bond acceptors (Lipinski definition) is 4. The van der Waals surface area contributed by atoms with Crippen LogP contribution >= 0.6 is 24.0 Å². The summed E-state index contributed by atoms with van der Waals surface area (Å²) in [6.45, 7) is 11.5. The number of benzene rings is 1. The molecular formula is C20H35IN4O2. The Hall–Kier alpha value is -1.22. The van der Waals surface area contributed by atoms with Crippen molar-refractivity contribution in [2.75, 3.05) is 64.5 Å². The summed E-state index contributed by atoms with van der Waals surface area (Å²) >= 11 is 0. The zero-order chi connectivity index (χ0) is 18.6. The van der Waals surface area contributed by atoms with Crippen LogP contribution in [0.15, 0.2) is 29.3 Å². The van der Waals surface area contributed by atoms with Crippen LogP contribution in [-0.2, 0) is 4.74 Å². The molecule has 1 aromatic carbocycles. The summed E-state index contributed by atoms with van der Waals surface area (Å²) in [5, 5.41) is 3.43. The first-order chi connectivity index (χ1) is 12.8. The Kier molecular flexibility index (Phi) is 12.2. The molecule has 0 saturated carbocycles. The molecule has 1 fully saturated rings. The molecule has 1 saturated heterocycles. The number of rotatable bonds is 9. The second-order valence-electron chi connectivity index (χ2n) is 6.32. The summed E-state index contributed by atoms with van der Waals surface area (Å²) < 4.78 is 10.7. The lowest BCUT2D eigenvalue weighted by atomic mass is 10.2. The Balaban J connectivity index is 0.00000364. The Labute approximate surface area is 181 Å². The SMILES string of the molecule is CCNC(=NCCCCOCC)N1CCN(c2cccc(OC)c2)CC1.I. The molecule has 7 heteroatoms. The molecule has 0 unspecified atom stereocenters. The van der Waals surface area contributed by atoms with E-state index in [0.717, 1.165) is 77.0 Å². The first kappa shape index (κ1) is 23.8. The standard InChI is InChI=1S/C20H34N4O2.HI/c1-4-21-20(22-11-6-7-16-26-5-2)24-14-12-23(13-15-24)18-9-8-10-19(17-18)25-3;/h8-10,17H,4-7,11-16H2,1-3H3,(H,21,22);1H. The highest BCUT2D eigenvalue weighted by atomic mass is 127. The van der Waals surface area contributed by atoms with Gasteiger partial charge < -0.3 is 24.6 Å². The van der Waals surface area contributed by atoms with Crippen molar-refractivity contribution < 1.29 is 9.47 Å². The van der Waals surface area contributed by atoms with Crippen LogP contribution < -0.4 is 15.0 Å². The molecule has 1 heterocycles. The number of ether oxygens (including phenoxy) is 2.